The molecule has 8 heteroatoms. The molecule has 0 unspecified atom stereocenters. The van der Waals surface area contributed by atoms with Gasteiger partial charge in [0.25, 0.3) is 0 Å². The number of hydrogen-bond donors (Lipinski definition) is 1. The number of halogens is 5. The highest BCUT2D eigenvalue weighted by Crippen LogP contribution is 2.32. The van der Waals surface area contributed by atoms with Crippen LogP contribution in [0.2, 0.25) is 0 Å². The van der Waals surface area contributed by atoms with Crippen molar-refractivity contribution in [2.45, 2.75) is 76.6 Å². The molecule has 3 nitrogen and oxygen atoms in total. The molecule has 1 aliphatic rings. The van der Waals surface area contributed by atoms with Crippen LogP contribution in [0.25, 0.3) is 0 Å². The molecule has 3 rings (SSSR count). The highest BCUT2D eigenvalue weighted by Gasteiger charge is 2.29. The first kappa shape index (κ1) is 27.9. The molecule has 0 bridgehead atoms. The van der Waals surface area contributed by atoms with Gasteiger partial charge in [0.1, 0.15) is 12.8 Å². The second kappa shape index (κ2) is 13.6. The molecular formula is C28H35F5N2O. The molecule has 0 aromatic heterocycles. The Morgan fingerprint density at radius 2 is 1.58 bits per heavy atom. The van der Waals surface area contributed by atoms with Crippen LogP contribution in [0, 0.1) is 0 Å². The maximum Gasteiger partial charge on any atom is 0.416 e. The van der Waals surface area contributed by atoms with Gasteiger partial charge in [-0.05, 0) is 80.3 Å². The van der Waals surface area contributed by atoms with E-state index in [-0.39, 0.29) is 12.3 Å². The normalized spacial score (nSPS) is 15.1. The summed E-state index contributed by atoms with van der Waals surface area (Å²) in [6.45, 7) is 0.856. The van der Waals surface area contributed by atoms with Crippen LogP contribution in [-0.2, 0) is 23.8 Å². The minimum Gasteiger partial charge on any atom is -0.370 e. The number of amides is 1. The van der Waals surface area contributed by atoms with Crippen LogP contribution >= 0.6 is 0 Å². The molecule has 36 heavy (non-hydrogen) atoms. The lowest BCUT2D eigenvalue weighted by molar-refractivity contribution is -0.137. The molecule has 2 aromatic carbocycles. The number of piperidine rings is 1. The molecule has 1 saturated heterocycles. The Hall–Kier alpha value is -2.64. The predicted octanol–water partition coefficient (Wildman–Crippen LogP) is 7.68. The van der Waals surface area contributed by atoms with Crippen LogP contribution in [0.15, 0.2) is 42.5 Å². The van der Waals surface area contributed by atoms with Gasteiger partial charge in [0.2, 0.25) is 5.91 Å². The van der Waals surface area contributed by atoms with Crippen LogP contribution in [0.4, 0.5) is 33.3 Å². The van der Waals surface area contributed by atoms with Crippen LogP contribution in [0.1, 0.15) is 68.1 Å². The van der Waals surface area contributed by atoms with Gasteiger partial charge < -0.3 is 10.2 Å². The molecule has 1 atom stereocenters. The monoisotopic (exact) mass is 510 g/mol. The highest BCUT2D eigenvalue weighted by atomic mass is 19.4. The summed E-state index contributed by atoms with van der Waals surface area (Å²) in [4.78, 5) is 14.8. The number of carbonyl (C=O) groups excluding carboxylic acids is 1. The quantitative estimate of drug-likeness (QED) is 0.235. The summed E-state index contributed by atoms with van der Waals surface area (Å²) >= 11 is 0. The fraction of sp³-hybridized carbons (Fsp3) is 0.536. The van der Waals surface area contributed by atoms with Crippen LogP contribution in [-0.4, -0.2) is 31.8 Å². The largest absolute Gasteiger partial charge is 0.416 e. The summed E-state index contributed by atoms with van der Waals surface area (Å²) in [5.74, 6) is -0.104. The second-order valence-electron chi connectivity index (χ2n) is 9.49. The average Bonchev–Trinajstić information content (AvgIpc) is 2.88. The number of aryl methyl sites for hydroxylation is 2. The summed E-state index contributed by atoms with van der Waals surface area (Å²) in [7, 11) is 0. The third kappa shape index (κ3) is 8.79. The molecule has 1 fully saturated rings. The van der Waals surface area contributed by atoms with E-state index in [9.17, 15) is 26.7 Å². The molecule has 198 valence electrons. The van der Waals surface area contributed by atoms with E-state index in [2.05, 4.69) is 16.3 Å². The van der Waals surface area contributed by atoms with E-state index in [1.165, 1.54) is 18.6 Å². The Labute approximate surface area is 210 Å². The number of nitrogens with one attached hydrogen (secondary N) is 1. The van der Waals surface area contributed by atoms with Gasteiger partial charge in [-0.25, -0.2) is 8.78 Å². The minimum atomic E-state index is -4.34. The topological polar surface area (TPSA) is 32.3 Å². The molecule has 0 saturated carbocycles. The van der Waals surface area contributed by atoms with Crippen molar-refractivity contribution in [2.24, 2.45) is 0 Å². The number of unbranched alkanes of at least 4 members (excludes halogenated alkanes) is 2. The van der Waals surface area contributed by atoms with Crippen molar-refractivity contribution in [1.29, 1.82) is 0 Å². The van der Waals surface area contributed by atoms with Gasteiger partial charge >= 0.3 is 6.18 Å². The Morgan fingerprint density at radius 1 is 0.917 bits per heavy atom. The number of hydrogen-bond acceptors (Lipinski definition) is 2. The summed E-state index contributed by atoms with van der Waals surface area (Å²) in [5.41, 5.74) is 2.97. The standard InChI is InChI=1S/C28H35F5N2O/c29-20-24(30)7-3-1-4-8-27(36)34-25-16-13-22(19-26(25)35-17-5-2-6-18-35)10-9-21-11-14-23(15-12-21)28(31,32)33/h11-16,19,24H,1-10,17-18,20H2,(H,34,36)/t24-/m1/s1. The summed E-state index contributed by atoms with van der Waals surface area (Å²) < 4.78 is 63.6. The smallest absolute Gasteiger partial charge is 0.370 e. The number of nitrogens with zero attached hydrogens (tertiary/aromatic N) is 1. The van der Waals surface area contributed by atoms with Gasteiger partial charge in [-0.15, -0.1) is 0 Å². The van der Waals surface area contributed by atoms with Crippen molar-refractivity contribution >= 4 is 17.3 Å². The summed E-state index contributed by atoms with van der Waals surface area (Å²) in [5, 5.41) is 3.02. The molecular weight excluding hydrogens is 475 g/mol. The van der Waals surface area contributed by atoms with E-state index >= 15 is 0 Å². The third-order valence-electron chi connectivity index (χ3n) is 6.61. The third-order valence-corrected chi connectivity index (χ3v) is 6.61. The minimum absolute atomic E-state index is 0.104. The van der Waals surface area contributed by atoms with E-state index < -0.39 is 24.6 Å². The van der Waals surface area contributed by atoms with Crippen molar-refractivity contribution in [2.75, 3.05) is 30.0 Å². The first-order valence-electron chi connectivity index (χ1n) is 12.8. The SMILES string of the molecule is O=C(CCCCC[C@@H](F)CF)Nc1ccc(CCc2ccc(C(F)(F)F)cc2)cc1N1CCCCC1. The summed E-state index contributed by atoms with van der Waals surface area (Å²) in [6.07, 6.45) is 1.24. The average molecular weight is 511 g/mol. The fourth-order valence-electron chi connectivity index (χ4n) is 4.50. The maximum absolute atomic E-state index is 13.0. The molecule has 1 heterocycles. The van der Waals surface area contributed by atoms with E-state index in [1.807, 2.05) is 12.1 Å². The Balaban J connectivity index is 1.61. The van der Waals surface area contributed by atoms with Crippen LogP contribution < -0.4 is 10.2 Å². The van der Waals surface area contributed by atoms with Gasteiger partial charge in [0.05, 0.1) is 16.9 Å². The van der Waals surface area contributed by atoms with Crippen molar-refractivity contribution < 1.29 is 26.7 Å². The lowest BCUT2D eigenvalue weighted by Crippen LogP contribution is -2.30. The first-order valence-corrected chi connectivity index (χ1v) is 12.8. The van der Waals surface area contributed by atoms with Crippen molar-refractivity contribution in [1.82, 2.24) is 0 Å². The zero-order valence-corrected chi connectivity index (χ0v) is 20.6. The first-order chi connectivity index (χ1) is 17.3. The Morgan fingerprint density at radius 3 is 2.25 bits per heavy atom. The highest BCUT2D eigenvalue weighted by molar-refractivity contribution is 5.94. The van der Waals surface area contributed by atoms with Crippen LogP contribution in [0.5, 0.6) is 0 Å². The molecule has 0 spiro atoms. The van der Waals surface area contributed by atoms with Crippen LogP contribution in [0.3, 0.4) is 0 Å². The number of rotatable bonds is 12. The molecule has 2 aromatic rings. The van der Waals surface area contributed by atoms with E-state index in [0.717, 1.165) is 60.6 Å². The number of carbonyl (C=O) groups is 1. The molecule has 1 N–H and O–H groups in total. The van der Waals surface area contributed by atoms with Gasteiger partial charge in [0, 0.05) is 19.5 Å². The van der Waals surface area contributed by atoms with Crippen molar-refractivity contribution in [3.63, 3.8) is 0 Å². The molecule has 0 aliphatic carbocycles. The Kier molecular flexibility index (Phi) is 10.6. The van der Waals surface area contributed by atoms with E-state index in [4.69, 9.17) is 0 Å². The molecule has 1 amide bonds. The molecule has 0 radical (unpaired) electrons. The van der Waals surface area contributed by atoms with Gasteiger partial charge in [-0.1, -0.05) is 31.0 Å². The van der Waals surface area contributed by atoms with Gasteiger partial charge in [-0.2, -0.15) is 13.2 Å². The fourth-order valence-corrected chi connectivity index (χ4v) is 4.50. The number of alkyl halides is 5. The Bertz CT molecular complexity index is 955. The van der Waals surface area contributed by atoms with Crippen molar-refractivity contribution in [3.8, 4) is 0 Å². The van der Waals surface area contributed by atoms with Gasteiger partial charge in [0.15, 0.2) is 0 Å². The predicted molar refractivity (Wildman–Crippen MR) is 134 cm³/mol. The number of anilines is 2. The second-order valence-corrected chi connectivity index (χ2v) is 9.49. The molecule has 1 aliphatic heterocycles. The number of benzene rings is 2. The van der Waals surface area contributed by atoms with Crippen molar-refractivity contribution in [3.05, 3.63) is 59.2 Å². The van der Waals surface area contributed by atoms with E-state index in [1.54, 1.807) is 0 Å². The maximum atomic E-state index is 13.0. The zero-order valence-electron chi connectivity index (χ0n) is 20.6. The van der Waals surface area contributed by atoms with Gasteiger partial charge in [-0.3, -0.25) is 4.79 Å². The zero-order chi connectivity index (χ0) is 26.0. The summed E-state index contributed by atoms with van der Waals surface area (Å²) in [6, 6.07) is 11.2. The lowest BCUT2D eigenvalue weighted by atomic mass is 10.0. The van der Waals surface area contributed by atoms with E-state index in [0.29, 0.717) is 38.5 Å². The lowest BCUT2D eigenvalue weighted by Gasteiger charge is -2.31.